The molecule has 7 heteroatoms. The predicted octanol–water partition coefficient (Wildman–Crippen LogP) is 4.87. The van der Waals surface area contributed by atoms with Gasteiger partial charge in [-0.05, 0) is 42.7 Å². The Labute approximate surface area is 157 Å². The summed E-state index contributed by atoms with van der Waals surface area (Å²) < 4.78 is 49.2. The van der Waals surface area contributed by atoms with E-state index in [1.54, 1.807) is 0 Å². The average Bonchev–Trinajstić information content (AvgIpc) is 2.58. The first-order chi connectivity index (χ1) is 12.6. The van der Waals surface area contributed by atoms with Gasteiger partial charge in [0.1, 0.15) is 6.10 Å². The molecule has 27 heavy (non-hydrogen) atoms. The van der Waals surface area contributed by atoms with E-state index in [1.165, 1.54) is 12.1 Å². The lowest BCUT2D eigenvalue weighted by atomic mass is 9.75. The standard InChI is InChI=1S/C20H25F3O4/c1-12(2)14-9-8-13(3)10-17(14)27-18(24)11-26-19(25)15-6-4-5-7-16(15)20(21,22)23/h4-7,12-14,17H,8-11H2,1-3H3/t13-,14-,17+/m0/s1. The fourth-order valence-corrected chi connectivity index (χ4v) is 3.56. The minimum Gasteiger partial charge on any atom is -0.460 e. The molecule has 0 saturated heterocycles. The number of hydrogen-bond donors (Lipinski definition) is 0. The topological polar surface area (TPSA) is 52.6 Å². The predicted molar refractivity (Wildman–Crippen MR) is 92.9 cm³/mol. The number of carbonyl (C=O) groups excluding carboxylic acids is 2. The first kappa shape index (κ1) is 21.3. The SMILES string of the molecule is CC(C)[C@@H]1CC[C@H](C)C[C@H]1OC(=O)COC(=O)c1ccccc1C(F)(F)F. The maximum atomic E-state index is 13.0. The van der Waals surface area contributed by atoms with Crippen LogP contribution in [0.3, 0.4) is 0 Å². The van der Waals surface area contributed by atoms with Gasteiger partial charge in [-0.3, -0.25) is 0 Å². The van der Waals surface area contributed by atoms with Crippen molar-refractivity contribution >= 4 is 11.9 Å². The lowest BCUT2D eigenvalue weighted by Crippen LogP contribution is -2.36. The van der Waals surface area contributed by atoms with Gasteiger partial charge in [0.05, 0.1) is 11.1 Å². The number of benzene rings is 1. The molecule has 0 spiro atoms. The van der Waals surface area contributed by atoms with Crippen LogP contribution >= 0.6 is 0 Å². The Kier molecular flexibility index (Phi) is 6.89. The molecule has 1 aromatic carbocycles. The first-order valence-electron chi connectivity index (χ1n) is 9.12. The largest absolute Gasteiger partial charge is 0.460 e. The maximum absolute atomic E-state index is 13.0. The van der Waals surface area contributed by atoms with E-state index in [-0.39, 0.29) is 12.0 Å². The van der Waals surface area contributed by atoms with Crippen LogP contribution in [-0.2, 0) is 20.4 Å². The summed E-state index contributed by atoms with van der Waals surface area (Å²) in [7, 11) is 0. The van der Waals surface area contributed by atoms with E-state index < -0.39 is 35.8 Å². The molecule has 1 saturated carbocycles. The Bertz CT molecular complexity index is 669. The summed E-state index contributed by atoms with van der Waals surface area (Å²) in [6.45, 7) is 5.51. The number of halogens is 3. The summed E-state index contributed by atoms with van der Waals surface area (Å²) in [6.07, 6.45) is -2.18. The van der Waals surface area contributed by atoms with E-state index in [2.05, 4.69) is 20.8 Å². The number of hydrogen-bond acceptors (Lipinski definition) is 4. The molecule has 1 aromatic rings. The van der Waals surface area contributed by atoms with Gasteiger partial charge in [0.25, 0.3) is 0 Å². The minimum atomic E-state index is -4.68. The summed E-state index contributed by atoms with van der Waals surface area (Å²) >= 11 is 0. The van der Waals surface area contributed by atoms with E-state index in [4.69, 9.17) is 9.47 Å². The minimum absolute atomic E-state index is 0.229. The van der Waals surface area contributed by atoms with Crippen molar-refractivity contribution in [3.8, 4) is 0 Å². The van der Waals surface area contributed by atoms with Crippen LogP contribution in [0.25, 0.3) is 0 Å². The maximum Gasteiger partial charge on any atom is 0.417 e. The summed E-state index contributed by atoms with van der Waals surface area (Å²) in [5, 5.41) is 0. The van der Waals surface area contributed by atoms with Gasteiger partial charge in [-0.15, -0.1) is 0 Å². The van der Waals surface area contributed by atoms with Crippen LogP contribution < -0.4 is 0 Å². The lowest BCUT2D eigenvalue weighted by Gasteiger charge is -2.36. The second-order valence-corrected chi connectivity index (χ2v) is 7.47. The highest BCUT2D eigenvalue weighted by Gasteiger charge is 2.36. The van der Waals surface area contributed by atoms with Gasteiger partial charge in [0.15, 0.2) is 6.61 Å². The third kappa shape index (κ3) is 5.71. The molecular formula is C20H25F3O4. The number of rotatable bonds is 5. The van der Waals surface area contributed by atoms with Crippen LogP contribution in [0.1, 0.15) is 56.0 Å². The zero-order valence-electron chi connectivity index (χ0n) is 15.7. The van der Waals surface area contributed by atoms with Crippen LogP contribution in [0.5, 0.6) is 0 Å². The summed E-state index contributed by atoms with van der Waals surface area (Å²) in [5.74, 6) is -0.933. The highest BCUT2D eigenvalue weighted by atomic mass is 19.4. The second kappa shape index (κ2) is 8.76. The molecule has 0 heterocycles. The van der Waals surface area contributed by atoms with Crippen molar-refractivity contribution in [3.63, 3.8) is 0 Å². The van der Waals surface area contributed by atoms with E-state index in [9.17, 15) is 22.8 Å². The Balaban J connectivity index is 1.96. The van der Waals surface area contributed by atoms with E-state index in [1.807, 2.05) is 0 Å². The summed E-state index contributed by atoms with van der Waals surface area (Å²) in [6, 6.07) is 4.31. The number of ether oxygens (including phenoxy) is 2. The zero-order valence-corrected chi connectivity index (χ0v) is 15.7. The van der Waals surface area contributed by atoms with Gasteiger partial charge in [-0.25, -0.2) is 9.59 Å². The third-order valence-electron chi connectivity index (χ3n) is 5.02. The van der Waals surface area contributed by atoms with Crippen molar-refractivity contribution in [1.82, 2.24) is 0 Å². The van der Waals surface area contributed by atoms with Crippen LogP contribution in [0.15, 0.2) is 24.3 Å². The van der Waals surface area contributed by atoms with Crippen LogP contribution in [0.2, 0.25) is 0 Å². The van der Waals surface area contributed by atoms with Crippen molar-refractivity contribution < 1.29 is 32.2 Å². The highest BCUT2D eigenvalue weighted by Crippen LogP contribution is 2.35. The average molecular weight is 386 g/mol. The van der Waals surface area contributed by atoms with Crippen molar-refractivity contribution in [2.75, 3.05) is 6.61 Å². The van der Waals surface area contributed by atoms with Crippen LogP contribution in [-0.4, -0.2) is 24.6 Å². The van der Waals surface area contributed by atoms with Gasteiger partial charge >= 0.3 is 18.1 Å². The molecule has 1 aliphatic rings. The molecule has 2 rings (SSSR count). The van der Waals surface area contributed by atoms with Gasteiger partial charge in [0.2, 0.25) is 0 Å². The molecule has 0 aromatic heterocycles. The first-order valence-corrected chi connectivity index (χ1v) is 9.12. The van der Waals surface area contributed by atoms with E-state index in [0.29, 0.717) is 11.8 Å². The molecule has 0 radical (unpaired) electrons. The molecule has 1 aliphatic carbocycles. The third-order valence-corrected chi connectivity index (χ3v) is 5.02. The second-order valence-electron chi connectivity index (χ2n) is 7.47. The van der Waals surface area contributed by atoms with Gasteiger partial charge < -0.3 is 9.47 Å². The number of alkyl halides is 3. The normalized spacial score (nSPS) is 23.1. The van der Waals surface area contributed by atoms with E-state index in [0.717, 1.165) is 31.4 Å². The van der Waals surface area contributed by atoms with Gasteiger partial charge in [-0.2, -0.15) is 13.2 Å². The Morgan fingerprint density at radius 2 is 1.85 bits per heavy atom. The van der Waals surface area contributed by atoms with E-state index >= 15 is 0 Å². The molecule has 150 valence electrons. The summed E-state index contributed by atoms with van der Waals surface area (Å²) in [4.78, 5) is 24.1. The van der Waals surface area contributed by atoms with Crippen LogP contribution in [0, 0.1) is 17.8 Å². The quantitative estimate of drug-likeness (QED) is 0.678. The van der Waals surface area contributed by atoms with Crippen LogP contribution in [0.4, 0.5) is 13.2 Å². The fraction of sp³-hybridized carbons (Fsp3) is 0.600. The molecule has 0 unspecified atom stereocenters. The molecule has 4 nitrogen and oxygen atoms in total. The number of carbonyl (C=O) groups is 2. The number of esters is 2. The van der Waals surface area contributed by atoms with Crippen molar-refractivity contribution in [2.45, 2.75) is 52.3 Å². The molecule has 3 atom stereocenters. The zero-order chi connectivity index (χ0) is 20.2. The Morgan fingerprint density at radius 1 is 1.19 bits per heavy atom. The van der Waals surface area contributed by atoms with Crippen molar-refractivity contribution in [3.05, 3.63) is 35.4 Å². The lowest BCUT2D eigenvalue weighted by molar-refractivity contribution is -0.159. The molecule has 0 bridgehead atoms. The molecule has 0 amide bonds. The Morgan fingerprint density at radius 3 is 2.48 bits per heavy atom. The molecule has 0 N–H and O–H groups in total. The highest BCUT2D eigenvalue weighted by molar-refractivity contribution is 5.92. The van der Waals surface area contributed by atoms with Gasteiger partial charge in [-0.1, -0.05) is 39.3 Å². The summed E-state index contributed by atoms with van der Waals surface area (Å²) in [5.41, 5.74) is -1.71. The molecule has 1 fully saturated rings. The Hall–Kier alpha value is -2.05. The monoisotopic (exact) mass is 386 g/mol. The smallest absolute Gasteiger partial charge is 0.417 e. The molecular weight excluding hydrogens is 361 g/mol. The van der Waals surface area contributed by atoms with Crippen molar-refractivity contribution in [2.24, 2.45) is 17.8 Å². The fourth-order valence-electron chi connectivity index (χ4n) is 3.56. The van der Waals surface area contributed by atoms with Crippen molar-refractivity contribution in [1.29, 1.82) is 0 Å². The molecule has 0 aliphatic heterocycles. The van der Waals surface area contributed by atoms with Gasteiger partial charge in [0, 0.05) is 0 Å².